The fourth-order valence-corrected chi connectivity index (χ4v) is 4.77. The first-order valence-electron chi connectivity index (χ1n) is 8.77. The molecule has 0 saturated heterocycles. The van der Waals surface area contributed by atoms with Gasteiger partial charge in [0.1, 0.15) is 0 Å². The lowest BCUT2D eigenvalue weighted by molar-refractivity contribution is -0.113. The number of nitrogens with one attached hydrogen (secondary N) is 3. The van der Waals surface area contributed by atoms with Gasteiger partial charge >= 0.3 is 0 Å². The molecule has 2 amide bonds. The van der Waals surface area contributed by atoms with Gasteiger partial charge in [-0.05, 0) is 49.2 Å². The number of benzene rings is 2. The van der Waals surface area contributed by atoms with Crippen molar-refractivity contribution in [3.63, 3.8) is 0 Å². The van der Waals surface area contributed by atoms with E-state index in [0.29, 0.717) is 40.4 Å². The van der Waals surface area contributed by atoms with Crippen molar-refractivity contribution in [3.05, 3.63) is 47.5 Å². The van der Waals surface area contributed by atoms with E-state index in [1.165, 1.54) is 11.8 Å². The van der Waals surface area contributed by atoms with Crippen LogP contribution in [-0.4, -0.2) is 31.7 Å². The first-order chi connectivity index (χ1) is 13.3. The maximum Gasteiger partial charge on any atom is 0.255 e. The first kappa shape index (κ1) is 20.2. The number of thioether (sulfide) groups is 1. The van der Waals surface area contributed by atoms with Crippen LogP contribution >= 0.6 is 11.8 Å². The van der Waals surface area contributed by atoms with Gasteiger partial charge in [0.25, 0.3) is 5.91 Å². The van der Waals surface area contributed by atoms with Crippen LogP contribution < -0.4 is 15.4 Å². The molecule has 0 unspecified atom stereocenters. The summed E-state index contributed by atoms with van der Waals surface area (Å²) in [6.07, 6.45) is 0.512. The van der Waals surface area contributed by atoms with E-state index in [-0.39, 0.29) is 17.6 Å². The van der Waals surface area contributed by atoms with E-state index in [9.17, 15) is 18.0 Å². The van der Waals surface area contributed by atoms with Crippen LogP contribution in [0.25, 0.3) is 0 Å². The number of anilines is 3. The Morgan fingerprint density at radius 1 is 1.21 bits per heavy atom. The molecule has 148 valence electrons. The standard InChI is InChI=1S/C19H21N3O4S2/c1-3-9-28(25,26)22-15-6-4-5-14(12(15)2)21-19(24)13-7-8-17-16(10-13)20-18(23)11-27-17/h4-8,10,22H,3,9,11H2,1-2H3,(H,20,23)(H,21,24). The fourth-order valence-electron chi connectivity index (χ4n) is 2.79. The molecule has 0 aromatic heterocycles. The summed E-state index contributed by atoms with van der Waals surface area (Å²) < 4.78 is 26.6. The normalized spacial score (nSPS) is 13.4. The van der Waals surface area contributed by atoms with Crippen molar-refractivity contribution in [2.24, 2.45) is 0 Å². The molecule has 3 rings (SSSR count). The Labute approximate surface area is 168 Å². The van der Waals surface area contributed by atoms with E-state index in [1.807, 2.05) is 0 Å². The Bertz CT molecular complexity index is 1040. The Balaban J connectivity index is 1.80. The molecule has 1 aliphatic rings. The van der Waals surface area contributed by atoms with Crippen LogP contribution in [0.2, 0.25) is 0 Å². The van der Waals surface area contributed by atoms with Crippen molar-refractivity contribution in [2.75, 3.05) is 26.9 Å². The van der Waals surface area contributed by atoms with E-state index >= 15 is 0 Å². The van der Waals surface area contributed by atoms with Gasteiger partial charge in [0.2, 0.25) is 15.9 Å². The maximum atomic E-state index is 12.7. The van der Waals surface area contributed by atoms with Gasteiger partial charge in [-0.2, -0.15) is 0 Å². The number of hydrogen-bond acceptors (Lipinski definition) is 5. The SMILES string of the molecule is CCCS(=O)(=O)Nc1cccc(NC(=O)c2ccc3c(c2)NC(=O)CS3)c1C. The average Bonchev–Trinajstić information content (AvgIpc) is 2.64. The highest BCUT2D eigenvalue weighted by molar-refractivity contribution is 8.00. The number of rotatable bonds is 6. The molecule has 1 aliphatic heterocycles. The van der Waals surface area contributed by atoms with E-state index in [1.54, 1.807) is 50.2 Å². The van der Waals surface area contributed by atoms with Crippen LogP contribution in [0.4, 0.5) is 17.1 Å². The molecule has 0 aliphatic carbocycles. The molecular formula is C19H21N3O4S2. The third-order valence-electron chi connectivity index (χ3n) is 4.19. The summed E-state index contributed by atoms with van der Waals surface area (Å²) in [5, 5.41) is 5.57. The minimum absolute atomic E-state index is 0.0296. The molecule has 28 heavy (non-hydrogen) atoms. The molecule has 7 nitrogen and oxygen atoms in total. The van der Waals surface area contributed by atoms with Gasteiger partial charge in [0, 0.05) is 16.1 Å². The van der Waals surface area contributed by atoms with Crippen molar-refractivity contribution >= 4 is 50.7 Å². The second-order valence-electron chi connectivity index (χ2n) is 6.40. The summed E-state index contributed by atoms with van der Waals surface area (Å²) in [5.74, 6) is -0.0531. The molecule has 2 aromatic rings. The maximum absolute atomic E-state index is 12.7. The van der Waals surface area contributed by atoms with Crippen molar-refractivity contribution in [3.8, 4) is 0 Å². The van der Waals surface area contributed by atoms with Gasteiger partial charge < -0.3 is 10.6 Å². The van der Waals surface area contributed by atoms with Crippen LogP contribution in [-0.2, 0) is 14.8 Å². The number of fused-ring (bicyclic) bond motifs is 1. The molecule has 0 radical (unpaired) electrons. The molecule has 0 saturated carbocycles. The molecule has 2 aromatic carbocycles. The lowest BCUT2D eigenvalue weighted by atomic mass is 10.1. The highest BCUT2D eigenvalue weighted by Crippen LogP contribution is 2.32. The molecule has 0 atom stereocenters. The van der Waals surface area contributed by atoms with Crippen LogP contribution in [0, 0.1) is 6.92 Å². The highest BCUT2D eigenvalue weighted by Gasteiger charge is 2.18. The second-order valence-corrected chi connectivity index (χ2v) is 9.26. The Kier molecular flexibility index (Phi) is 5.95. The molecule has 0 fully saturated rings. The van der Waals surface area contributed by atoms with E-state index < -0.39 is 10.0 Å². The average molecular weight is 420 g/mol. The summed E-state index contributed by atoms with van der Waals surface area (Å²) in [7, 11) is -3.43. The first-order valence-corrected chi connectivity index (χ1v) is 11.4. The summed E-state index contributed by atoms with van der Waals surface area (Å²) in [5.41, 5.74) is 2.58. The predicted octanol–water partition coefficient (Wildman–Crippen LogP) is 3.44. The quantitative estimate of drug-likeness (QED) is 0.665. The van der Waals surface area contributed by atoms with E-state index in [2.05, 4.69) is 15.4 Å². The molecule has 3 N–H and O–H groups in total. The molecule has 1 heterocycles. The van der Waals surface area contributed by atoms with Gasteiger partial charge in [-0.1, -0.05) is 13.0 Å². The predicted molar refractivity (Wildman–Crippen MR) is 113 cm³/mol. The number of hydrogen-bond donors (Lipinski definition) is 3. The lowest BCUT2D eigenvalue weighted by Crippen LogP contribution is -2.20. The van der Waals surface area contributed by atoms with E-state index in [4.69, 9.17) is 0 Å². The van der Waals surface area contributed by atoms with Gasteiger partial charge in [0.15, 0.2) is 0 Å². The third-order valence-corrected chi connectivity index (χ3v) is 6.75. The van der Waals surface area contributed by atoms with Crippen LogP contribution in [0.15, 0.2) is 41.3 Å². The topological polar surface area (TPSA) is 104 Å². The Morgan fingerprint density at radius 2 is 1.96 bits per heavy atom. The molecule has 0 spiro atoms. The molecular weight excluding hydrogens is 398 g/mol. The van der Waals surface area contributed by atoms with Crippen molar-refractivity contribution in [2.45, 2.75) is 25.2 Å². The third kappa shape index (κ3) is 4.66. The summed E-state index contributed by atoms with van der Waals surface area (Å²) >= 11 is 1.43. The van der Waals surface area contributed by atoms with Gasteiger partial charge in [-0.25, -0.2) is 8.42 Å². The Hall–Kier alpha value is -2.52. The second kappa shape index (κ2) is 8.24. The zero-order valence-corrected chi connectivity index (χ0v) is 17.2. The monoisotopic (exact) mass is 419 g/mol. The van der Waals surface area contributed by atoms with Gasteiger partial charge in [0.05, 0.1) is 22.9 Å². The lowest BCUT2D eigenvalue weighted by Gasteiger charge is -2.17. The number of amides is 2. The number of sulfonamides is 1. The number of carbonyl (C=O) groups is 2. The largest absolute Gasteiger partial charge is 0.324 e. The minimum Gasteiger partial charge on any atom is -0.324 e. The van der Waals surface area contributed by atoms with Crippen molar-refractivity contribution in [1.29, 1.82) is 0 Å². The zero-order valence-electron chi connectivity index (χ0n) is 15.5. The summed E-state index contributed by atoms with van der Waals surface area (Å²) in [6.45, 7) is 3.53. The molecule has 9 heteroatoms. The Morgan fingerprint density at radius 3 is 2.71 bits per heavy atom. The van der Waals surface area contributed by atoms with Crippen molar-refractivity contribution < 1.29 is 18.0 Å². The van der Waals surface area contributed by atoms with Gasteiger partial charge in [-0.3, -0.25) is 14.3 Å². The number of carbonyl (C=O) groups excluding carboxylic acids is 2. The minimum atomic E-state index is -3.43. The zero-order chi connectivity index (χ0) is 20.3. The van der Waals surface area contributed by atoms with Crippen molar-refractivity contribution in [1.82, 2.24) is 0 Å². The molecule has 0 bridgehead atoms. The summed E-state index contributed by atoms with van der Waals surface area (Å²) in [4.78, 5) is 25.1. The summed E-state index contributed by atoms with van der Waals surface area (Å²) in [6, 6.07) is 10.2. The van der Waals surface area contributed by atoms with E-state index in [0.717, 1.165) is 4.90 Å². The van der Waals surface area contributed by atoms with Crippen LogP contribution in [0.5, 0.6) is 0 Å². The van der Waals surface area contributed by atoms with Crippen LogP contribution in [0.1, 0.15) is 29.3 Å². The smallest absolute Gasteiger partial charge is 0.255 e. The fraction of sp³-hybridized carbons (Fsp3) is 0.263. The van der Waals surface area contributed by atoms with Crippen LogP contribution in [0.3, 0.4) is 0 Å². The highest BCUT2D eigenvalue weighted by atomic mass is 32.2. The van der Waals surface area contributed by atoms with Gasteiger partial charge in [-0.15, -0.1) is 11.8 Å².